The Morgan fingerprint density at radius 2 is 1.93 bits per heavy atom. The van der Waals surface area contributed by atoms with Gasteiger partial charge in [-0.05, 0) is 52.6 Å². The minimum Gasteiger partial charge on any atom is -0.337 e. The van der Waals surface area contributed by atoms with Gasteiger partial charge in [0.1, 0.15) is 6.54 Å². The summed E-state index contributed by atoms with van der Waals surface area (Å²) in [4.78, 5) is 32.0. The van der Waals surface area contributed by atoms with Gasteiger partial charge in [0, 0.05) is 17.9 Å². The molecular weight excluding hydrogens is 348 g/mol. The lowest BCUT2D eigenvalue weighted by Gasteiger charge is -2.20. The zero-order valence-electron chi connectivity index (χ0n) is 16.4. The number of benzene rings is 1. The lowest BCUT2D eigenvalue weighted by Crippen LogP contribution is -2.34. The van der Waals surface area contributed by atoms with Crippen LogP contribution in [0, 0.1) is 13.8 Å². The third kappa shape index (κ3) is 6.07. The maximum absolute atomic E-state index is 12.5. The van der Waals surface area contributed by atoms with Crippen LogP contribution in [0.1, 0.15) is 24.2 Å². The molecule has 1 aromatic carbocycles. The van der Waals surface area contributed by atoms with E-state index in [0.29, 0.717) is 29.6 Å². The Kier molecular flexibility index (Phi) is 6.89. The van der Waals surface area contributed by atoms with Crippen LogP contribution in [-0.2, 0) is 11.3 Å². The highest BCUT2D eigenvalue weighted by Gasteiger charge is 2.16. The lowest BCUT2D eigenvalue weighted by atomic mass is 10.1. The number of hydrogen-bond donors (Lipinski definition) is 2. The fourth-order valence-corrected chi connectivity index (χ4v) is 2.41. The fourth-order valence-electron chi connectivity index (χ4n) is 2.41. The Morgan fingerprint density at radius 1 is 1.19 bits per heavy atom. The van der Waals surface area contributed by atoms with Crippen molar-refractivity contribution in [2.24, 2.45) is 0 Å². The third-order valence-corrected chi connectivity index (χ3v) is 3.79. The summed E-state index contributed by atoms with van der Waals surface area (Å²) >= 11 is 0. The second kappa shape index (κ2) is 9.13. The minimum atomic E-state index is -0.289. The van der Waals surface area contributed by atoms with Crippen molar-refractivity contribution >= 4 is 23.3 Å². The Balaban J connectivity index is 2.05. The van der Waals surface area contributed by atoms with Crippen LogP contribution in [-0.4, -0.2) is 59.1 Å². The molecule has 0 saturated carbocycles. The van der Waals surface area contributed by atoms with Crippen LogP contribution in [0.4, 0.5) is 16.2 Å². The molecule has 2 rings (SSSR count). The number of carbonyl (C=O) groups is 2. The maximum atomic E-state index is 12.5. The van der Waals surface area contributed by atoms with Crippen molar-refractivity contribution in [2.75, 3.05) is 37.8 Å². The van der Waals surface area contributed by atoms with Crippen molar-refractivity contribution < 1.29 is 14.1 Å². The summed E-state index contributed by atoms with van der Waals surface area (Å²) in [6, 6.07) is 5.09. The number of hydrogen-bond acceptors (Lipinski definition) is 6. The Labute approximate surface area is 158 Å². The summed E-state index contributed by atoms with van der Waals surface area (Å²) in [6.07, 6.45) is 0. The number of nitrogens with zero attached hydrogens (tertiary/aromatic N) is 4. The molecule has 0 atom stereocenters. The smallest absolute Gasteiger partial charge is 0.322 e. The van der Waals surface area contributed by atoms with E-state index in [9.17, 15) is 9.59 Å². The fraction of sp³-hybridized carbons (Fsp3) is 0.444. The number of urea groups is 1. The van der Waals surface area contributed by atoms with Gasteiger partial charge in [-0.15, -0.1) is 0 Å². The van der Waals surface area contributed by atoms with E-state index in [-0.39, 0.29) is 25.0 Å². The topological polar surface area (TPSA) is 104 Å². The predicted octanol–water partition coefficient (Wildman–Crippen LogP) is 2.24. The molecule has 0 bridgehead atoms. The van der Waals surface area contributed by atoms with Crippen molar-refractivity contribution in [2.45, 2.75) is 27.3 Å². The van der Waals surface area contributed by atoms with Crippen LogP contribution in [0.5, 0.6) is 0 Å². The molecule has 0 aliphatic carbocycles. The van der Waals surface area contributed by atoms with Gasteiger partial charge in [-0.25, -0.2) is 4.79 Å². The minimum absolute atomic E-state index is 0.117. The molecule has 1 aromatic heterocycles. The number of aryl methyl sites for hydroxylation is 2. The number of rotatable bonds is 7. The van der Waals surface area contributed by atoms with Crippen LogP contribution in [0.15, 0.2) is 22.7 Å². The summed E-state index contributed by atoms with van der Waals surface area (Å²) in [6.45, 7) is 6.47. The van der Waals surface area contributed by atoms with Crippen molar-refractivity contribution in [3.05, 3.63) is 35.5 Å². The molecule has 0 fully saturated rings. The highest BCUT2D eigenvalue weighted by atomic mass is 16.5. The normalized spacial score (nSPS) is 10.7. The average Bonchev–Trinajstić information content (AvgIpc) is 3.00. The average molecular weight is 374 g/mol. The molecule has 2 N–H and O–H groups in total. The van der Waals surface area contributed by atoms with E-state index >= 15 is 0 Å². The van der Waals surface area contributed by atoms with E-state index < -0.39 is 0 Å². The van der Waals surface area contributed by atoms with Crippen molar-refractivity contribution in [1.29, 1.82) is 0 Å². The Hall–Kier alpha value is -2.94. The molecule has 1 heterocycles. The van der Waals surface area contributed by atoms with Gasteiger partial charge in [0.15, 0.2) is 5.82 Å². The summed E-state index contributed by atoms with van der Waals surface area (Å²) in [5.74, 6) is 0.789. The molecular formula is C18H26N6O3. The van der Waals surface area contributed by atoms with Crippen molar-refractivity contribution in [1.82, 2.24) is 19.9 Å². The van der Waals surface area contributed by atoms with Gasteiger partial charge in [0.2, 0.25) is 11.8 Å². The number of nitrogens with one attached hydrogen (secondary N) is 2. The maximum Gasteiger partial charge on any atom is 0.322 e. The molecule has 0 aliphatic rings. The zero-order chi connectivity index (χ0) is 20.0. The SMILES string of the molecule is CCN(Cc1nc(C)no1)C(=O)Nc1ccc(C)c(NC(=O)CN(C)C)c1. The monoisotopic (exact) mass is 374 g/mol. The van der Waals surface area contributed by atoms with Crippen LogP contribution < -0.4 is 10.6 Å². The standard InChI is InChI=1S/C18H26N6O3/c1-6-24(11-17-19-13(3)22-27-17)18(26)20-14-8-7-12(2)15(9-14)21-16(25)10-23(4)5/h7-9H,6,10-11H2,1-5H3,(H,20,26)(H,21,25). The Bertz CT molecular complexity index is 802. The van der Waals surface area contributed by atoms with Crippen LogP contribution >= 0.6 is 0 Å². The molecule has 2 aromatic rings. The predicted molar refractivity (Wildman–Crippen MR) is 103 cm³/mol. The van der Waals surface area contributed by atoms with Gasteiger partial charge in [-0.1, -0.05) is 11.2 Å². The summed E-state index contributed by atoms with van der Waals surface area (Å²) in [5.41, 5.74) is 2.16. The highest BCUT2D eigenvalue weighted by Crippen LogP contribution is 2.21. The molecule has 0 spiro atoms. The zero-order valence-corrected chi connectivity index (χ0v) is 16.4. The highest BCUT2D eigenvalue weighted by molar-refractivity contribution is 5.95. The molecule has 9 heteroatoms. The van der Waals surface area contributed by atoms with E-state index in [1.54, 1.807) is 28.9 Å². The van der Waals surface area contributed by atoms with Crippen molar-refractivity contribution in [3.63, 3.8) is 0 Å². The molecule has 3 amide bonds. The summed E-state index contributed by atoms with van der Waals surface area (Å²) in [5, 5.41) is 9.43. The van der Waals surface area contributed by atoms with E-state index in [1.165, 1.54) is 0 Å². The van der Waals surface area contributed by atoms with Crippen molar-refractivity contribution in [3.8, 4) is 0 Å². The molecule has 0 radical (unpaired) electrons. The summed E-state index contributed by atoms with van der Waals surface area (Å²) < 4.78 is 5.07. The van der Waals surface area contributed by atoms with Gasteiger partial charge < -0.3 is 25.0 Å². The first-order valence-electron chi connectivity index (χ1n) is 8.68. The quantitative estimate of drug-likeness (QED) is 0.770. The third-order valence-electron chi connectivity index (χ3n) is 3.79. The van der Waals surface area contributed by atoms with Crippen LogP contribution in [0.25, 0.3) is 0 Å². The molecule has 146 valence electrons. The first-order valence-corrected chi connectivity index (χ1v) is 8.68. The van der Waals surface area contributed by atoms with E-state index in [1.807, 2.05) is 34.0 Å². The van der Waals surface area contributed by atoms with E-state index in [4.69, 9.17) is 4.52 Å². The van der Waals surface area contributed by atoms with Gasteiger partial charge in [0.25, 0.3) is 0 Å². The van der Waals surface area contributed by atoms with E-state index in [0.717, 1.165) is 5.56 Å². The number of aromatic nitrogens is 2. The van der Waals surface area contributed by atoms with Gasteiger partial charge in [-0.2, -0.15) is 4.98 Å². The first kappa shape index (κ1) is 20.4. The second-order valence-corrected chi connectivity index (χ2v) is 6.50. The second-order valence-electron chi connectivity index (χ2n) is 6.50. The van der Waals surface area contributed by atoms with Gasteiger partial charge >= 0.3 is 6.03 Å². The van der Waals surface area contributed by atoms with Crippen LogP contribution in [0.3, 0.4) is 0 Å². The van der Waals surface area contributed by atoms with Gasteiger partial charge in [-0.3, -0.25) is 4.79 Å². The molecule has 0 saturated heterocycles. The molecule has 9 nitrogen and oxygen atoms in total. The lowest BCUT2D eigenvalue weighted by molar-refractivity contribution is -0.116. The Morgan fingerprint density at radius 3 is 2.52 bits per heavy atom. The first-order chi connectivity index (χ1) is 12.8. The summed E-state index contributed by atoms with van der Waals surface area (Å²) in [7, 11) is 3.65. The number of amides is 3. The van der Waals surface area contributed by atoms with Gasteiger partial charge in [0.05, 0.1) is 6.54 Å². The molecule has 27 heavy (non-hydrogen) atoms. The van der Waals surface area contributed by atoms with E-state index in [2.05, 4.69) is 20.8 Å². The number of anilines is 2. The number of likely N-dealkylation sites (N-methyl/N-ethyl adjacent to an activating group) is 1. The number of carbonyl (C=O) groups excluding carboxylic acids is 2. The largest absolute Gasteiger partial charge is 0.337 e. The molecule has 0 aliphatic heterocycles. The van der Waals surface area contributed by atoms with Crippen LogP contribution in [0.2, 0.25) is 0 Å². The molecule has 0 unspecified atom stereocenters.